The maximum atomic E-state index is 10.7. The van der Waals surface area contributed by atoms with E-state index in [1.54, 1.807) is 0 Å². The standard InChI is InChI=1S/C16H23BrO2/c1-13(12-16(18)19)15-10-6-5-9-14(15)8-4-2-3-7-11-17/h5-6,9-10,13H,2-4,7-8,11-12H2,1H3,(H,18,19)/p-1. The van der Waals surface area contributed by atoms with Crippen molar-refractivity contribution in [2.45, 2.75) is 51.4 Å². The number of aliphatic carboxylic acids is 1. The van der Waals surface area contributed by atoms with Gasteiger partial charge in [0.1, 0.15) is 0 Å². The van der Waals surface area contributed by atoms with Crippen LogP contribution >= 0.6 is 15.9 Å². The number of rotatable bonds is 9. The van der Waals surface area contributed by atoms with Crippen LogP contribution in [0.5, 0.6) is 0 Å². The van der Waals surface area contributed by atoms with E-state index in [4.69, 9.17) is 0 Å². The molecular weight excluding hydrogens is 304 g/mol. The molecule has 1 atom stereocenters. The molecule has 19 heavy (non-hydrogen) atoms. The Kier molecular flexibility index (Phi) is 7.80. The first-order valence-electron chi connectivity index (χ1n) is 6.98. The molecule has 0 aliphatic carbocycles. The molecule has 0 heterocycles. The van der Waals surface area contributed by atoms with Gasteiger partial charge in [-0.05, 0) is 42.7 Å². The molecule has 1 aromatic carbocycles. The summed E-state index contributed by atoms with van der Waals surface area (Å²) >= 11 is 3.44. The Morgan fingerprint density at radius 1 is 1.21 bits per heavy atom. The Bertz CT molecular complexity index is 390. The van der Waals surface area contributed by atoms with Gasteiger partial charge in [-0.15, -0.1) is 0 Å². The van der Waals surface area contributed by atoms with Crippen LogP contribution in [0.2, 0.25) is 0 Å². The fourth-order valence-electron chi connectivity index (χ4n) is 2.37. The van der Waals surface area contributed by atoms with Gasteiger partial charge < -0.3 is 9.90 Å². The van der Waals surface area contributed by atoms with E-state index >= 15 is 0 Å². The van der Waals surface area contributed by atoms with Crippen molar-refractivity contribution in [1.29, 1.82) is 0 Å². The van der Waals surface area contributed by atoms with Gasteiger partial charge in [0.05, 0.1) is 0 Å². The quantitative estimate of drug-likeness (QED) is 0.515. The van der Waals surface area contributed by atoms with Gasteiger partial charge in [0.25, 0.3) is 0 Å². The second-order valence-electron chi connectivity index (χ2n) is 5.03. The first-order valence-corrected chi connectivity index (χ1v) is 8.11. The normalized spacial score (nSPS) is 12.3. The lowest BCUT2D eigenvalue weighted by Crippen LogP contribution is -2.24. The number of hydrogen-bond acceptors (Lipinski definition) is 2. The molecule has 0 saturated heterocycles. The third kappa shape index (κ3) is 6.24. The second kappa shape index (κ2) is 9.13. The van der Waals surface area contributed by atoms with Gasteiger partial charge in [0, 0.05) is 11.3 Å². The van der Waals surface area contributed by atoms with Crippen molar-refractivity contribution in [2.24, 2.45) is 0 Å². The summed E-state index contributed by atoms with van der Waals surface area (Å²) in [4.78, 5) is 10.7. The summed E-state index contributed by atoms with van der Waals surface area (Å²) in [5.41, 5.74) is 2.45. The van der Waals surface area contributed by atoms with Gasteiger partial charge in [0.2, 0.25) is 0 Å². The van der Waals surface area contributed by atoms with Crippen molar-refractivity contribution in [3.63, 3.8) is 0 Å². The topological polar surface area (TPSA) is 40.1 Å². The molecule has 3 heteroatoms. The van der Waals surface area contributed by atoms with Crippen LogP contribution in [0.25, 0.3) is 0 Å². The largest absolute Gasteiger partial charge is 0.550 e. The maximum absolute atomic E-state index is 10.7. The van der Waals surface area contributed by atoms with Crippen molar-refractivity contribution in [3.8, 4) is 0 Å². The van der Waals surface area contributed by atoms with E-state index in [9.17, 15) is 9.90 Å². The molecule has 0 spiro atoms. The highest BCUT2D eigenvalue weighted by Crippen LogP contribution is 2.24. The van der Waals surface area contributed by atoms with Gasteiger partial charge in [-0.1, -0.05) is 60.0 Å². The number of benzene rings is 1. The number of carbonyl (C=O) groups excluding carboxylic acids is 1. The number of alkyl halides is 1. The zero-order valence-corrected chi connectivity index (χ0v) is 13.1. The summed E-state index contributed by atoms with van der Waals surface area (Å²) in [5.74, 6) is -0.941. The Labute approximate surface area is 124 Å². The van der Waals surface area contributed by atoms with E-state index in [-0.39, 0.29) is 12.3 Å². The predicted octanol–water partition coefficient (Wildman–Crippen LogP) is 3.43. The Morgan fingerprint density at radius 3 is 2.58 bits per heavy atom. The maximum Gasteiger partial charge on any atom is 0.0420 e. The SMILES string of the molecule is CC(CC(=O)[O-])c1ccccc1CCCCCCBr. The minimum atomic E-state index is -0.973. The van der Waals surface area contributed by atoms with E-state index < -0.39 is 5.97 Å². The fraction of sp³-hybridized carbons (Fsp3) is 0.562. The van der Waals surface area contributed by atoms with E-state index in [2.05, 4.69) is 22.0 Å². The first-order chi connectivity index (χ1) is 9.15. The van der Waals surface area contributed by atoms with Gasteiger partial charge in [-0.25, -0.2) is 0 Å². The van der Waals surface area contributed by atoms with Crippen LogP contribution in [-0.4, -0.2) is 11.3 Å². The molecule has 1 aromatic rings. The number of carboxylic acid groups (broad SMARTS) is 1. The molecule has 0 aromatic heterocycles. The van der Waals surface area contributed by atoms with Gasteiger partial charge >= 0.3 is 0 Å². The van der Waals surface area contributed by atoms with Crippen LogP contribution in [0, 0.1) is 0 Å². The molecule has 0 saturated carbocycles. The monoisotopic (exact) mass is 325 g/mol. The van der Waals surface area contributed by atoms with Crippen molar-refractivity contribution < 1.29 is 9.90 Å². The number of halogens is 1. The molecule has 1 rings (SSSR count). The minimum Gasteiger partial charge on any atom is -0.550 e. The van der Waals surface area contributed by atoms with E-state index in [1.807, 2.05) is 25.1 Å². The molecule has 1 unspecified atom stereocenters. The van der Waals surface area contributed by atoms with Crippen molar-refractivity contribution in [1.82, 2.24) is 0 Å². The second-order valence-corrected chi connectivity index (χ2v) is 5.82. The molecule has 0 N–H and O–H groups in total. The van der Waals surface area contributed by atoms with Crippen LogP contribution in [0.3, 0.4) is 0 Å². The zero-order valence-electron chi connectivity index (χ0n) is 11.5. The Morgan fingerprint density at radius 2 is 1.89 bits per heavy atom. The molecule has 2 nitrogen and oxygen atoms in total. The lowest BCUT2D eigenvalue weighted by molar-refractivity contribution is -0.306. The molecule has 0 aliphatic heterocycles. The smallest absolute Gasteiger partial charge is 0.0420 e. The molecule has 106 valence electrons. The zero-order chi connectivity index (χ0) is 14.1. The first kappa shape index (κ1) is 16.2. The lowest BCUT2D eigenvalue weighted by atomic mass is 9.90. The van der Waals surface area contributed by atoms with Crippen molar-refractivity contribution in [2.75, 3.05) is 5.33 Å². The average molecular weight is 326 g/mol. The van der Waals surface area contributed by atoms with Crippen molar-refractivity contribution in [3.05, 3.63) is 35.4 Å². The van der Waals surface area contributed by atoms with Crippen LogP contribution in [0.1, 0.15) is 56.1 Å². The fourth-order valence-corrected chi connectivity index (χ4v) is 2.76. The Balaban J connectivity index is 2.55. The number of carbonyl (C=O) groups is 1. The van der Waals surface area contributed by atoms with Crippen LogP contribution in [-0.2, 0) is 11.2 Å². The summed E-state index contributed by atoms with van der Waals surface area (Å²) in [5, 5.41) is 11.8. The molecule has 0 fully saturated rings. The van der Waals surface area contributed by atoms with E-state index in [1.165, 1.54) is 31.2 Å². The number of hydrogen-bond donors (Lipinski definition) is 0. The highest BCUT2D eigenvalue weighted by atomic mass is 79.9. The van der Waals surface area contributed by atoms with Crippen molar-refractivity contribution >= 4 is 21.9 Å². The molecular formula is C16H22BrO2-. The van der Waals surface area contributed by atoms with Crippen LogP contribution in [0.15, 0.2) is 24.3 Å². The third-order valence-electron chi connectivity index (χ3n) is 3.39. The van der Waals surface area contributed by atoms with Crippen LogP contribution < -0.4 is 5.11 Å². The number of carboxylic acids is 1. The Hall–Kier alpha value is -0.830. The predicted molar refractivity (Wildman–Crippen MR) is 80.4 cm³/mol. The summed E-state index contributed by atoms with van der Waals surface area (Å²) < 4.78 is 0. The summed E-state index contributed by atoms with van der Waals surface area (Å²) in [6, 6.07) is 8.17. The minimum absolute atomic E-state index is 0.0312. The van der Waals surface area contributed by atoms with Gasteiger partial charge in [-0.3, -0.25) is 0 Å². The highest BCUT2D eigenvalue weighted by molar-refractivity contribution is 9.09. The molecule has 0 radical (unpaired) electrons. The number of unbranched alkanes of at least 4 members (excludes halogenated alkanes) is 3. The molecule has 0 bridgehead atoms. The van der Waals surface area contributed by atoms with E-state index in [0.717, 1.165) is 17.3 Å². The third-order valence-corrected chi connectivity index (χ3v) is 3.95. The van der Waals surface area contributed by atoms with Crippen LogP contribution in [0.4, 0.5) is 0 Å². The van der Waals surface area contributed by atoms with Gasteiger partial charge in [-0.2, -0.15) is 0 Å². The molecule has 0 aliphatic rings. The number of aryl methyl sites for hydroxylation is 1. The summed E-state index contributed by atoms with van der Waals surface area (Å²) in [7, 11) is 0. The molecule has 0 amide bonds. The summed E-state index contributed by atoms with van der Waals surface area (Å²) in [6.07, 6.45) is 6.01. The van der Waals surface area contributed by atoms with E-state index in [0.29, 0.717) is 0 Å². The highest BCUT2D eigenvalue weighted by Gasteiger charge is 2.10. The van der Waals surface area contributed by atoms with Gasteiger partial charge in [0.15, 0.2) is 0 Å². The average Bonchev–Trinajstić information content (AvgIpc) is 2.38. The lowest BCUT2D eigenvalue weighted by Gasteiger charge is -2.17. The summed E-state index contributed by atoms with van der Waals surface area (Å²) in [6.45, 7) is 1.96.